The smallest absolute Gasteiger partial charge is 0.225 e. The minimum atomic E-state index is -3.27. The van der Waals surface area contributed by atoms with Crippen molar-refractivity contribution in [2.24, 2.45) is 0 Å². The first-order valence-electron chi connectivity index (χ1n) is 9.05. The van der Waals surface area contributed by atoms with E-state index in [1.165, 1.54) is 12.3 Å². The van der Waals surface area contributed by atoms with Gasteiger partial charge in [0.05, 0.1) is 4.90 Å². The van der Waals surface area contributed by atoms with Gasteiger partial charge in [0.1, 0.15) is 0 Å². The molecule has 0 heterocycles. The Bertz CT molecular complexity index is 1020. The van der Waals surface area contributed by atoms with E-state index in [0.717, 1.165) is 11.1 Å². The fraction of sp³-hybridized carbons (Fsp3) is 0.174. The van der Waals surface area contributed by atoms with Gasteiger partial charge in [-0.1, -0.05) is 60.7 Å². The zero-order valence-electron chi connectivity index (χ0n) is 15.9. The number of carbonyl (C=O) groups is 1. The lowest BCUT2D eigenvalue weighted by atomic mass is 9.88. The molecule has 0 aliphatic carbocycles. The zero-order valence-corrected chi connectivity index (χ0v) is 16.7. The standard InChI is InChI=1S/C23H23NO3S/c1-17-15-20(28(2,26)27)13-14-22(17)24-23(25)16-21(18-9-5-3-6-10-18)19-11-7-4-8-12-19/h3-15,21H,16H2,1-2H3,(H,24,25). The lowest BCUT2D eigenvalue weighted by molar-refractivity contribution is -0.116. The van der Waals surface area contributed by atoms with Crippen molar-refractivity contribution in [2.75, 3.05) is 11.6 Å². The van der Waals surface area contributed by atoms with Crippen LogP contribution in [0.25, 0.3) is 0 Å². The topological polar surface area (TPSA) is 63.2 Å². The summed E-state index contributed by atoms with van der Waals surface area (Å²) in [5, 5.41) is 2.93. The molecule has 3 aromatic carbocycles. The first kappa shape index (κ1) is 19.8. The van der Waals surface area contributed by atoms with E-state index in [-0.39, 0.29) is 16.7 Å². The molecule has 0 radical (unpaired) electrons. The number of nitrogens with one attached hydrogen (secondary N) is 1. The molecule has 0 atom stereocenters. The summed E-state index contributed by atoms with van der Waals surface area (Å²) in [6.07, 6.45) is 1.46. The fourth-order valence-electron chi connectivity index (χ4n) is 3.19. The second-order valence-electron chi connectivity index (χ2n) is 6.88. The van der Waals surface area contributed by atoms with E-state index in [0.29, 0.717) is 17.7 Å². The van der Waals surface area contributed by atoms with Gasteiger partial charge in [0.15, 0.2) is 9.84 Å². The van der Waals surface area contributed by atoms with Crippen molar-refractivity contribution < 1.29 is 13.2 Å². The average Bonchev–Trinajstić information content (AvgIpc) is 2.68. The van der Waals surface area contributed by atoms with E-state index in [1.54, 1.807) is 19.1 Å². The molecule has 3 rings (SSSR count). The Labute approximate surface area is 166 Å². The summed E-state index contributed by atoms with van der Waals surface area (Å²) in [5.41, 5.74) is 3.49. The van der Waals surface area contributed by atoms with Gasteiger partial charge in [-0.05, 0) is 41.8 Å². The third-order valence-corrected chi connectivity index (χ3v) is 5.80. The number of hydrogen-bond acceptors (Lipinski definition) is 3. The molecule has 144 valence electrons. The molecule has 0 bridgehead atoms. The van der Waals surface area contributed by atoms with Gasteiger partial charge in [-0.15, -0.1) is 0 Å². The molecule has 4 nitrogen and oxygen atoms in total. The predicted octanol–water partition coefficient (Wildman–Crippen LogP) is 4.56. The van der Waals surface area contributed by atoms with Gasteiger partial charge in [-0.3, -0.25) is 4.79 Å². The Morgan fingerprint density at radius 3 is 1.89 bits per heavy atom. The van der Waals surface area contributed by atoms with Crippen LogP contribution in [0.2, 0.25) is 0 Å². The molecule has 0 aromatic heterocycles. The summed E-state index contributed by atoms with van der Waals surface area (Å²) in [5.74, 6) is -0.175. The largest absolute Gasteiger partial charge is 0.326 e. The number of carbonyl (C=O) groups excluding carboxylic acids is 1. The van der Waals surface area contributed by atoms with Crippen molar-refractivity contribution in [3.05, 3.63) is 95.6 Å². The average molecular weight is 394 g/mol. The highest BCUT2D eigenvalue weighted by Gasteiger charge is 2.19. The van der Waals surface area contributed by atoms with Gasteiger partial charge in [-0.25, -0.2) is 8.42 Å². The summed E-state index contributed by atoms with van der Waals surface area (Å²) in [7, 11) is -3.27. The molecule has 1 amide bonds. The molecule has 0 aliphatic heterocycles. The molecular weight excluding hydrogens is 370 g/mol. The van der Waals surface area contributed by atoms with Gasteiger partial charge < -0.3 is 5.32 Å². The Kier molecular flexibility index (Phi) is 5.95. The SMILES string of the molecule is Cc1cc(S(C)(=O)=O)ccc1NC(=O)CC(c1ccccc1)c1ccccc1. The Balaban J connectivity index is 1.82. The van der Waals surface area contributed by atoms with Crippen LogP contribution >= 0.6 is 0 Å². The minimum Gasteiger partial charge on any atom is -0.326 e. The lowest BCUT2D eigenvalue weighted by Gasteiger charge is -2.18. The molecule has 28 heavy (non-hydrogen) atoms. The number of benzene rings is 3. The highest BCUT2D eigenvalue weighted by Crippen LogP contribution is 2.29. The molecule has 0 saturated carbocycles. The van der Waals surface area contributed by atoms with Gasteiger partial charge in [-0.2, -0.15) is 0 Å². The highest BCUT2D eigenvalue weighted by molar-refractivity contribution is 7.90. The van der Waals surface area contributed by atoms with Crippen molar-refractivity contribution in [2.45, 2.75) is 24.2 Å². The van der Waals surface area contributed by atoms with E-state index >= 15 is 0 Å². The third kappa shape index (κ3) is 4.87. The molecule has 3 aromatic rings. The fourth-order valence-corrected chi connectivity index (χ4v) is 3.90. The zero-order chi connectivity index (χ0) is 20.1. The molecule has 0 saturated heterocycles. The summed E-state index contributed by atoms with van der Waals surface area (Å²) >= 11 is 0. The first-order chi connectivity index (χ1) is 13.3. The monoisotopic (exact) mass is 393 g/mol. The molecule has 0 fully saturated rings. The Morgan fingerprint density at radius 1 is 0.893 bits per heavy atom. The summed E-state index contributed by atoms with van der Waals surface area (Å²) < 4.78 is 23.4. The third-order valence-electron chi connectivity index (χ3n) is 4.69. The number of anilines is 1. The highest BCUT2D eigenvalue weighted by atomic mass is 32.2. The van der Waals surface area contributed by atoms with Gasteiger partial charge in [0, 0.05) is 24.3 Å². The molecule has 5 heteroatoms. The molecular formula is C23H23NO3S. The maximum absolute atomic E-state index is 12.8. The summed E-state index contributed by atoms with van der Waals surface area (Å²) in [6, 6.07) is 24.6. The second-order valence-corrected chi connectivity index (χ2v) is 8.89. The number of rotatable bonds is 6. The number of hydrogen-bond donors (Lipinski definition) is 1. The van der Waals surface area contributed by atoms with Crippen molar-refractivity contribution in [1.82, 2.24) is 0 Å². The molecule has 0 spiro atoms. The van der Waals surface area contributed by atoms with Crippen LogP contribution in [0.15, 0.2) is 83.8 Å². The lowest BCUT2D eigenvalue weighted by Crippen LogP contribution is -2.17. The van der Waals surface area contributed by atoms with E-state index in [4.69, 9.17) is 0 Å². The number of amides is 1. The van der Waals surface area contributed by atoms with E-state index in [9.17, 15) is 13.2 Å². The predicted molar refractivity (Wildman–Crippen MR) is 112 cm³/mol. The van der Waals surface area contributed by atoms with Crippen LogP contribution in [-0.4, -0.2) is 20.6 Å². The van der Waals surface area contributed by atoms with Crippen LogP contribution in [0.1, 0.15) is 29.0 Å². The van der Waals surface area contributed by atoms with Gasteiger partial charge in [0.2, 0.25) is 5.91 Å². The summed E-state index contributed by atoms with van der Waals surface area (Å²) in [4.78, 5) is 13.0. The van der Waals surface area contributed by atoms with Crippen LogP contribution < -0.4 is 5.32 Å². The van der Waals surface area contributed by atoms with Crippen molar-refractivity contribution in [3.63, 3.8) is 0 Å². The Morgan fingerprint density at radius 2 is 1.43 bits per heavy atom. The summed E-state index contributed by atoms with van der Waals surface area (Å²) in [6.45, 7) is 1.79. The second kappa shape index (κ2) is 8.40. The van der Waals surface area contributed by atoms with E-state index < -0.39 is 9.84 Å². The molecule has 1 N–H and O–H groups in total. The quantitative estimate of drug-likeness (QED) is 0.668. The first-order valence-corrected chi connectivity index (χ1v) is 10.9. The number of sulfone groups is 1. The molecule has 0 aliphatic rings. The van der Waals surface area contributed by atoms with Gasteiger partial charge >= 0.3 is 0 Å². The van der Waals surface area contributed by atoms with Crippen LogP contribution in [-0.2, 0) is 14.6 Å². The minimum absolute atomic E-state index is 0.0574. The van der Waals surface area contributed by atoms with E-state index in [2.05, 4.69) is 5.32 Å². The van der Waals surface area contributed by atoms with Crippen LogP contribution in [0.3, 0.4) is 0 Å². The van der Waals surface area contributed by atoms with Crippen molar-refractivity contribution in [1.29, 1.82) is 0 Å². The molecule has 0 unspecified atom stereocenters. The van der Waals surface area contributed by atoms with Gasteiger partial charge in [0.25, 0.3) is 0 Å². The van der Waals surface area contributed by atoms with Crippen molar-refractivity contribution in [3.8, 4) is 0 Å². The van der Waals surface area contributed by atoms with Crippen LogP contribution in [0.5, 0.6) is 0 Å². The normalized spacial score (nSPS) is 11.4. The maximum Gasteiger partial charge on any atom is 0.225 e. The van der Waals surface area contributed by atoms with Crippen LogP contribution in [0.4, 0.5) is 5.69 Å². The van der Waals surface area contributed by atoms with Crippen molar-refractivity contribution >= 4 is 21.4 Å². The number of aryl methyl sites for hydroxylation is 1. The van der Waals surface area contributed by atoms with Crippen LogP contribution in [0, 0.1) is 6.92 Å². The van der Waals surface area contributed by atoms with E-state index in [1.807, 2.05) is 60.7 Å². The maximum atomic E-state index is 12.8. The Hall–Kier alpha value is -2.92.